The van der Waals surface area contributed by atoms with E-state index in [0.717, 1.165) is 16.7 Å². The molecule has 1 aliphatic rings. The zero-order chi connectivity index (χ0) is 17.9. The molecule has 0 aliphatic carbocycles. The molecule has 124 valence electrons. The number of aliphatic carboxylic acids is 1. The molecule has 1 unspecified atom stereocenters. The van der Waals surface area contributed by atoms with Gasteiger partial charge in [-0.1, -0.05) is 48.2 Å². The van der Waals surface area contributed by atoms with E-state index < -0.39 is 30.2 Å². The Bertz CT molecular complexity index is 758. The monoisotopic (exact) mass is 364 g/mol. The van der Waals surface area contributed by atoms with Crippen molar-refractivity contribution < 1.29 is 24.3 Å². The topological polar surface area (TPSA) is 118 Å². The fourth-order valence-corrected chi connectivity index (χ4v) is 3.41. The summed E-state index contributed by atoms with van der Waals surface area (Å²) < 4.78 is 0.0458. The van der Waals surface area contributed by atoms with E-state index in [4.69, 9.17) is 18.0 Å². The number of rotatable bonds is 6. The largest absolute Gasteiger partial charge is 0.480 e. The highest BCUT2D eigenvalue weighted by molar-refractivity contribution is 8.26. The van der Waals surface area contributed by atoms with Gasteiger partial charge in [0.25, 0.3) is 5.91 Å². The fraction of sp³-hybridized carbons (Fsp3) is 0.133. The van der Waals surface area contributed by atoms with Crippen LogP contribution in [0.5, 0.6) is 0 Å². The van der Waals surface area contributed by atoms with Gasteiger partial charge in [-0.25, -0.2) is 4.79 Å². The van der Waals surface area contributed by atoms with Crippen LogP contribution in [0.4, 0.5) is 0 Å². The van der Waals surface area contributed by atoms with E-state index in [0.29, 0.717) is 17.4 Å². The Kier molecular flexibility index (Phi) is 5.47. The summed E-state index contributed by atoms with van der Waals surface area (Å²) in [6, 6.07) is 5.04. The molecule has 0 spiro atoms. The Morgan fingerprint density at radius 2 is 1.88 bits per heavy atom. The Morgan fingerprint density at radius 3 is 2.38 bits per heavy atom. The second kappa shape index (κ2) is 7.37. The van der Waals surface area contributed by atoms with Gasteiger partial charge in [-0.3, -0.25) is 19.3 Å². The highest BCUT2D eigenvalue weighted by Crippen LogP contribution is 2.34. The lowest BCUT2D eigenvalue weighted by molar-refractivity contribution is -0.146. The van der Waals surface area contributed by atoms with E-state index >= 15 is 0 Å². The van der Waals surface area contributed by atoms with Gasteiger partial charge in [0.1, 0.15) is 16.6 Å². The molecular formula is C15H12N2O5S2. The first kappa shape index (κ1) is 17.8. The van der Waals surface area contributed by atoms with Gasteiger partial charge in [0.05, 0.1) is 11.3 Å². The molecule has 9 heteroatoms. The first-order valence-electron chi connectivity index (χ1n) is 6.67. The zero-order valence-electron chi connectivity index (χ0n) is 12.2. The van der Waals surface area contributed by atoms with E-state index in [1.54, 1.807) is 24.3 Å². The number of aldehydes is 1. The van der Waals surface area contributed by atoms with Gasteiger partial charge in [0, 0.05) is 5.56 Å². The standard InChI is InChI=1S/C15H12N2O5S2/c16-12(19)6-10(14(21)22)17-13(20)11(24-15(17)23)5-8-1-3-9(7-18)4-2-8/h1-5,7,10H,6H2,(H2,16,19)(H,21,22)/b11-5-. The number of primary amides is 1. The Balaban J connectivity index is 2.29. The van der Waals surface area contributed by atoms with Crippen LogP contribution in [0.25, 0.3) is 6.08 Å². The lowest BCUT2D eigenvalue weighted by Crippen LogP contribution is -2.46. The van der Waals surface area contributed by atoms with E-state index in [1.165, 1.54) is 6.08 Å². The van der Waals surface area contributed by atoms with Crippen molar-refractivity contribution in [3.05, 3.63) is 40.3 Å². The second-order valence-electron chi connectivity index (χ2n) is 4.86. The second-order valence-corrected chi connectivity index (χ2v) is 6.54. The van der Waals surface area contributed by atoms with Crippen LogP contribution in [0.3, 0.4) is 0 Å². The summed E-state index contributed by atoms with van der Waals surface area (Å²) in [4.78, 5) is 46.6. The minimum Gasteiger partial charge on any atom is -0.480 e. The number of carbonyl (C=O) groups excluding carboxylic acids is 3. The highest BCUT2D eigenvalue weighted by atomic mass is 32.2. The third kappa shape index (κ3) is 3.87. The van der Waals surface area contributed by atoms with Crippen molar-refractivity contribution in [2.24, 2.45) is 5.73 Å². The number of amides is 2. The smallest absolute Gasteiger partial charge is 0.327 e. The number of hydrogen-bond donors (Lipinski definition) is 2. The number of nitrogens with zero attached hydrogens (tertiary/aromatic N) is 1. The summed E-state index contributed by atoms with van der Waals surface area (Å²) in [5.41, 5.74) is 6.19. The molecule has 24 heavy (non-hydrogen) atoms. The molecule has 2 rings (SSSR count). The van der Waals surface area contributed by atoms with Gasteiger partial charge >= 0.3 is 5.97 Å². The first-order valence-corrected chi connectivity index (χ1v) is 7.89. The highest BCUT2D eigenvalue weighted by Gasteiger charge is 2.41. The molecule has 1 atom stereocenters. The number of nitrogens with two attached hydrogens (primary N) is 1. The van der Waals surface area contributed by atoms with Gasteiger partial charge in [-0.05, 0) is 11.6 Å². The summed E-state index contributed by atoms with van der Waals surface area (Å²) in [5, 5.41) is 9.23. The quantitative estimate of drug-likeness (QED) is 0.440. The minimum atomic E-state index is -1.43. The fourth-order valence-electron chi connectivity index (χ4n) is 2.05. The third-order valence-electron chi connectivity index (χ3n) is 3.19. The molecular weight excluding hydrogens is 352 g/mol. The molecule has 0 bridgehead atoms. The van der Waals surface area contributed by atoms with E-state index in [9.17, 15) is 24.3 Å². The molecule has 1 aliphatic heterocycles. The molecule has 1 fully saturated rings. The number of hydrogen-bond acceptors (Lipinski definition) is 6. The summed E-state index contributed by atoms with van der Waals surface area (Å²) in [6.07, 6.45) is 1.71. The van der Waals surface area contributed by atoms with Crippen LogP contribution in [-0.4, -0.2) is 44.4 Å². The molecule has 1 heterocycles. The number of carboxylic acids is 1. The molecule has 1 saturated heterocycles. The SMILES string of the molecule is NC(=O)CC(C(=O)O)N1C(=O)/C(=C/c2ccc(C=O)cc2)SC1=S. The molecule has 3 N–H and O–H groups in total. The molecule has 2 amide bonds. The number of carbonyl (C=O) groups is 4. The van der Waals surface area contributed by atoms with Crippen molar-refractivity contribution in [2.75, 3.05) is 0 Å². The normalized spacial score (nSPS) is 17.2. The molecule has 0 radical (unpaired) electrons. The van der Waals surface area contributed by atoms with Crippen molar-refractivity contribution >= 4 is 58.4 Å². The Hall–Kier alpha value is -2.52. The van der Waals surface area contributed by atoms with Gasteiger partial charge in [0.15, 0.2) is 0 Å². The predicted molar refractivity (Wildman–Crippen MR) is 92.1 cm³/mol. The number of thiocarbonyl (C=S) groups is 1. The van der Waals surface area contributed by atoms with Crippen molar-refractivity contribution in [2.45, 2.75) is 12.5 Å². The average Bonchev–Trinajstić information content (AvgIpc) is 2.79. The number of carboxylic acid groups (broad SMARTS) is 1. The first-order chi connectivity index (χ1) is 11.3. The number of thioether (sulfide) groups is 1. The number of benzene rings is 1. The van der Waals surface area contributed by atoms with Crippen LogP contribution in [-0.2, 0) is 14.4 Å². The van der Waals surface area contributed by atoms with Gasteiger partial charge in [-0.15, -0.1) is 0 Å². The predicted octanol–water partition coefficient (Wildman–Crippen LogP) is 1.03. The Labute approximate surface area is 146 Å². The average molecular weight is 364 g/mol. The Morgan fingerprint density at radius 1 is 1.29 bits per heavy atom. The lowest BCUT2D eigenvalue weighted by Gasteiger charge is -2.21. The maximum absolute atomic E-state index is 12.4. The van der Waals surface area contributed by atoms with E-state index in [1.807, 2.05) is 0 Å². The van der Waals surface area contributed by atoms with Crippen LogP contribution < -0.4 is 5.73 Å². The van der Waals surface area contributed by atoms with Crippen LogP contribution in [0.15, 0.2) is 29.2 Å². The van der Waals surface area contributed by atoms with Crippen LogP contribution in [0.1, 0.15) is 22.3 Å². The molecule has 7 nitrogen and oxygen atoms in total. The summed E-state index contributed by atoms with van der Waals surface area (Å²) in [7, 11) is 0. The molecule has 0 aromatic heterocycles. The van der Waals surface area contributed by atoms with Gasteiger partial charge < -0.3 is 10.8 Å². The van der Waals surface area contributed by atoms with E-state index in [-0.39, 0.29) is 9.23 Å². The van der Waals surface area contributed by atoms with Crippen molar-refractivity contribution in [3.8, 4) is 0 Å². The molecule has 1 aromatic rings. The minimum absolute atomic E-state index is 0.0458. The molecule has 1 aromatic carbocycles. The summed E-state index contributed by atoms with van der Waals surface area (Å²) >= 11 is 6.01. The van der Waals surface area contributed by atoms with Gasteiger partial charge in [0.2, 0.25) is 5.91 Å². The van der Waals surface area contributed by atoms with Crippen molar-refractivity contribution in [1.29, 1.82) is 0 Å². The van der Waals surface area contributed by atoms with Crippen LogP contribution >= 0.6 is 24.0 Å². The van der Waals surface area contributed by atoms with Crippen molar-refractivity contribution in [3.63, 3.8) is 0 Å². The maximum Gasteiger partial charge on any atom is 0.327 e. The maximum atomic E-state index is 12.4. The van der Waals surface area contributed by atoms with Crippen LogP contribution in [0, 0.1) is 0 Å². The zero-order valence-corrected chi connectivity index (χ0v) is 13.8. The third-order valence-corrected chi connectivity index (χ3v) is 4.52. The summed E-state index contributed by atoms with van der Waals surface area (Å²) in [6.45, 7) is 0. The summed E-state index contributed by atoms with van der Waals surface area (Å²) in [5.74, 6) is -2.80. The van der Waals surface area contributed by atoms with Crippen molar-refractivity contribution in [1.82, 2.24) is 4.90 Å². The van der Waals surface area contributed by atoms with Gasteiger partial charge in [-0.2, -0.15) is 0 Å². The van der Waals surface area contributed by atoms with E-state index in [2.05, 4.69) is 0 Å². The van der Waals surface area contributed by atoms with Crippen LogP contribution in [0.2, 0.25) is 0 Å². The lowest BCUT2D eigenvalue weighted by atomic mass is 10.1. The molecule has 0 saturated carbocycles.